The average molecular weight is 223 g/mol. The summed E-state index contributed by atoms with van der Waals surface area (Å²) in [6, 6.07) is 7.00. The van der Waals surface area contributed by atoms with Crippen LogP contribution in [-0.4, -0.2) is 30.8 Å². The Bertz CT molecular complexity index is 352. The predicted molar refractivity (Wildman–Crippen MR) is 61.8 cm³/mol. The van der Waals surface area contributed by atoms with Crippen molar-refractivity contribution in [3.63, 3.8) is 0 Å². The highest BCUT2D eigenvalue weighted by molar-refractivity contribution is 5.73. The molecule has 1 unspecified atom stereocenters. The molecular formula is C12H17NO3. The van der Waals surface area contributed by atoms with Crippen molar-refractivity contribution in [2.45, 2.75) is 19.4 Å². The number of aryl methyl sites for hydroxylation is 1. The van der Waals surface area contributed by atoms with Gasteiger partial charge in [-0.25, -0.2) is 0 Å². The van der Waals surface area contributed by atoms with Gasteiger partial charge in [0.15, 0.2) is 0 Å². The van der Waals surface area contributed by atoms with Crippen LogP contribution in [0.1, 0.15) is 12.5 Å². The number of likely N-dealkylation sites (N-methyl/N-ethyl adjacent to an activating group) is 1. The second-order valence-electron chi connectivity index (χ2n) is 3.49. The molecule has 1 atom stereocenters. The molecule has 0 saturated heterocycles. The van der Waals surface area contributed by atoms with Gasteiger partial charge in [-0.05, 0) is 31.2 Å². The minimum Gasteiger partial charge on any atom is -0.491 e. The molecule has 1 rings (SSSR count). The Morgan fingerprint density at radius 1 is 1.56 bits per heavy atom. The van der Waals surface area contributed by atoms with Gasteiger partial charge in [0.05, 0.1) is 0 Å². The van der Waals surface area contributed by atoms with Gasteiger partial charge in [0, 0.05) is 0 Å². The maximum Gasteiger partial charge on any atom is 0.324 e. The molecule has 0 aliphatic rings. The summed E-state index contributed by atoms with van der Waals surface area (Å²) in [5.41, 5.74) is 1.17. The fourth-order valence-corrected chi connectivity index (χ4v) is 1.31. The van der Waals surface area contributed by atoms with Crippen LogP contribution in [-0.2, 0) is 11.2 Å². The van der Waals surface area contributed by atoms with E-state index in [1.54, 1.807) is 7.05 Å². The van der Waals surface area contributed by atoms with Gasteiger partial charge in [-0.1, -0.05) is 19.1 Å². The van der Waals surface area contributed by atoms with E-state index in [9.17, 15) is 4.79 Å². The van der Waals surface area contributed by atoms with Crippen LogP contribution >= 0.6 is 0 Å². The summed E-state index contributed by atoms with van der Waals surface area (Å²) in [6.07, 6.45) is 0.936. The van der Waals surface area contributed by atoms with Crippen molar-refractivity contribution in [1.29, 1.82) is 0 Å². The number of rotatable bonds is 6. The van der Waals surface area contributed by atoms with Crippen molar-refractivity contribution in [3.05, 3.63) is 29.8 Å². The summed E-state index contributed by atoms with van der Waals surface area (Å²) < 4.78 is 5.42. The van der Waals surface area contributed by atoms with E-state index in [-0.39, 0.29) is 6.61 Å². The second-order valence-corrected chi connectivity index (χ2v) is 3.49. The molecule has 4 heteroatoms. The van der Waals surface area contributed by atoms with Crippen LogP contribution in [0, 0.1) is 0 Å². The maximum absolute atomic E-state index is 10.7. The Morgan fingerprint density at radius 2 is 2.31 bits per heavy atom. The minimum atomic E-state index is -0.908. The molecule has 0 spiro atoms. The number of ether oxygens (including phenoxy) is 1. The predicted octanol–water partition coefficient (Wildman–Crippen LogP) is 1.30. The summed E-state index contributed by atoms with van der Waals surface area (Å²) in [5.74, 6) is -0.199. The van der Waals surface area contributed by atoms with Crippen LogP contribution in [0.2, 0.25) is 0 Å². The Hall–Kier alpha value is -1.55. The van der Waals surface area contributed by atoms with Crippen molar-refractivity contribution < 1.29 is 14.6 Å². The smallest absolute Gasteiger partial charge is 0.324 e. The molecule has 0 saturated carbocycles. The lowest BCUT2D eigenvalue weighted by molar-refractivity contribution is -0.140. The lowest BCUT2D eigenvalue weighted by Gasteiger charge is -2.13. The molecule has 0 bridgehead atoms. The molecule has 1 aromatic rings. The minimum absolute atomic E-state index is 0.124. The zero-order chi connectivity index (χ0) is 12.0. The van der Waals surface area contributed by atoms with E-state index < -0.39 is 12.0 Å². The third kappa shape index (κ3) is 3.55. The first kappa shape index (κ1) is 12.5. The second kappa shape index (κ2) is 6.12. The fraction of sp³-hybridized carbons (Fsp3) is 0.417. The first-order valence-electron chi connectivity index (χ1n) is 5.29. The molecule has 0 aliphatic carbocycles. The Morgan fingerprint density at radius 3 is 2.88 bits per heavy atom. The highest BCUT2D eigenvalue weighted by Crippen LogP contribution is 2.13. The summed E-state index contributed by atoms with van der Waals surface area (Å²) in [6.45, 7) is 2.19. The van der Waals surface area contributed by atoms with Crippen molar-refractivity contribution in [3.8, 4) is 5.75 Å². The Kier molecular flexibility index (Phi) is 4.79. The molecule has 4 nitrogen and oxygen atoms in total. The van der Waals surface area contributed by atoms with E-state index in [0.29, 0.717) is 5.75 Å². The fourth-order valence-electron chi connectivity index (χ4n) is 1.31. The van der Waals surface area contributed by atoms with Gasteiger partial charge in [-0.3, -0.25) is 4.79 Å². The molecule has 1 aromatic carbocycles. The monoisotopic (exact) mass is 223 g/mol. The lowest BCUT2D eigenvalue weighted by Crippen LogP contribution is -2.39. The Balaban J connectivity index is 2.56. The molecule has 0 aromatic heterocycles. The molecule has 0 amide bonds. The lowest BCUT2D eigenvalue weighted by atomic mass is 10.2. The zero-order valence-electron chi connectivity index (χ0n) is 9.56. The highest BCUT2D eigenvalue weighted by Gasteiger charge is 2.15. The van der Waals surface area contributed by atoms with Gasteiger partial charge in [0.2, 0.25) is 0 Å². The number of aliphatic carboxylic acids is 1. The summed E-state index contributed by atoms with van der Waals surface area (Å²) >= 11 is 0. The number of hydrogen-bond acceptors (Lipinski definition) is 3. The van der Waals surface area contributed by atoms with Gasteiger partial charge >= 0.3 is 5.97 Å². The third-order valence-electron chi connectivity index (χ3n) is 2.37. The van der Waals surface area contributed by atoms with Gasteiger partial charge < -0.3 is 15.2 Å². The van der Waals surface area contributed by atoms with E-state index in [4.69, 9.17) is 9.84 Å². The topological polar surface area (TPSA) is 58.6 Å². The standard InChI is InChI=1S/C12H17NO3/c1-3-9-5-4-6-10(7-9)16-8-11(13-2)12(14)15/h4-7,11,13H,3,8H2,1-2H3,(H,14,15). The van der Waals surface area contributed by atoms with Crippen LogP contribution in [0.15, 0.2) is 24.3 Å². The number of carbonyl (C=O) groups is 1. The summed E-state index contributed by atoms with van der Waals surface area (Å²) in [5, 5.41) is 11.5. The summed E-state index contributed by atoms with van der Waals surface area (Å²) in [4.78, 5) is 10.7. The van der Waals surface area contributed by atoms with Gasteiger partial charge in [-0.15, -0.1) is 0 Å². The van der Waals surface area contributed by atoms with Crippen molar-refractivity contribution in [2.75, 3.05) is 13.7 Å². The maximum atomic E-state index is 10.7. The first-order valence-corrected chi connectivity index (χ1v) is 5.29. The van der Waals surface area contributed by atoms with E-state index in [1.807, 2.05) is 24.3 Å². The molecule has 0 aliphatic heterocycles. The number of benzene rings is 1. The van der Waals surface area contributed by atoms with Crippen molar-refractivity contribution >= 4 is 5.97 Å². The number of hydrogen-bond donors (Lipinski definition) is 2. The quantitative estimate of drug-likeness (QED) is 0.763. The van der Waals surface area contributed by atoms with Gasteiger partial charge in [-0.2, -0.15) is 0 Å². The number of nitrogens with one attached hydrogen (secondary N) is 1. The number of carboxylic acid groups (broad SMARTS) is 1. The van der Waals surface area contributed by atoms with E-state index >= 15 is 0 Å². The average Bonchev–Trinajstić information content (AvgIpc) is 2.29. The Labute approximate surface area is 95.2 Å². The molecule has 16 heavy (non-hydrogen) atoms. The van der Waals surface area contributed by atoms with E-state index in [1.165, 1.54) is 5.56 Å². The van der Waals surface area contributed by atoms with Crippen LogP contribution in [0.3, 0.4) is 0 Å². The molecule has 88 valence electrons. The SMILES string of the molecule is CCc1cccc(OCC(NC)C(=O)O)c1. The van der Waals surface area contributed by atoms with Crippen molar-refractivity contribution in [2.24, 2.45) is 0 Å². The molecule has 0 heterocycles. The van der Waals surface area contributed by atoms with Crippen LogP contribution in [0.5, 0.6) is 5.75 Å². The summed E-state index contributed by atoms with van der Waals surface area (Å²) in [7, 11) is 1.60. The molecule has 2 N–H and O–H groups in total. The first-order chi connectivity index (χ1) is 7.67. The van der Waals surface area contributed by atoms with Crippen LogP contribution in [0.4, 0.5) is 0 Å². The highest BCUT2D eigenvalue weighted by atomic mass is 16.5. The van der Waals surface area contributed by atoms with Crippen molar-refractivity contribution in [1.82, 2.24) is 5.32 Å². The van der Waals surface area contributed by atoms with Crippen LogP contribution < -0.4 is 10.1 Å². The van der Waals surface area contributed by atoms with E-state index in [2.05, 4.69) is 12.2 Å². The van der Waals surface area contributed by atoms with E-state index in [0.717, 1.165) is 6.42 Å². The largest absolute Gasteiger partial charge is 0.491 e. The normalized spacial score (nSPS) is 12.1. The van der Waals surface area contributed by atoms with Gasteiger partial charge in [0.25, 0.3) is 0 Å². The van der Waals surface area contributed by atoms with Crippen LogP contribution in [0.25, 0.3) is 0 Å². The van der Waals surface area contributed by atoms with Gasteiger partial charge in [0.1, 0.15) is 18.4 Å². The zero-order valence-corrected chi connectivity index (χ0v) is 9.56. The molecular weight excluding hydrogens is 206 g/mol. The third-order valence-corrected chi connectivity index (χ3v) is 2.37. The molecule has 0 radical (unpaired) electrons. The molecule has 0 fully saturated rings. The number of carboxylic acids is 1.